The first-order chi connectivity index (χ1) is 9.24. The number of fused-ring (bicyclic) bond motifs is 1. The Bertz CT molecular complexity index is 526. The lowest BCUT2D eigenvalue weighted by Gasteiger charge is -2.13. The molecule has 0 unspecified atom stereocenters. The van der Waals surface area contributed by atoms with Gasteiger partial charge in [0.05, 0.1) is 18.1 Å². The molecule has 4 nitrogen and oxygen atoms in total. The predicted molar refractivity (Wildman–Crippen MR) is 79.1 cm³/mol. The van der Waals surface area contributed by atoms with Crippen molar-refractivity contribution in [2.24, 2.45) is 0 Å². The normalized spacial score (nSPS) is 11.8. The van der Waals surface area contributed by atoms with Crippen LogP contribution < -0.4 is 4.90 Å². The average molecular weight is 259 g/mol. The molecule has 0 saturated carbocycles. The van der Waals surface area contributed by atoms with Crippen LogP contribution in [0.5, 0.6) is 0 Å². The molecule has 2 aromatic rings. The van der Waals surface area contributed by atoms with Gasteiger partial charge in [0.2, 0.25) is 5.95 Å². The van der Waals surface area contributed by atoms with Crippen molar-refractivity contribution in [1.29, 1.82) is 0 Å². The van der Waals surface area contributed by atoms with Gasteiger partial charge in [-0.25, -0.2) is 4.98 Å². The molecule has 0 bridgehead atoms. The number of ether oxygens (including phenoxy) is 1. The first-order valence-electron chi connectivity index (χ1n) is 6.67. The second-order valence-electron chi connectivity index (χ2n) is 4.59. The zero-order chi connectivity index (χ0) is 13.7. The topological polar surface area (TPSA) is 41.2 Å². The highest BCUT2D eigenvalue weighted by Crippen LogP contribution is 2.17. The highest BCUT2D eigenvalue weighted by molar-refractivity contribution is 5.77. The number of hydrogen-bond donors (Lipinski definition) is 1. The van der Waals surface area contributed by atoms with Crippen molar-refractivity contribution in [2.75, 3.05) is 19.1 Å². The maximum atomic E-state index is 5.40. The number of para-hydroxylation sites is 2. The van der Waals surface area contributed by atoms with Gasteiger partial charge in [-0.1, -0.05) is 25.5 Å². The molecule has 1 aromatic carbocycles. The minimum absolute atomic E-state index is 0.826. The molecule has 0 spiro atoms. The van der Waals surface area contributed by atoms with E-state index in [9.17, 15) is 0 Å². The summed E-state index contributed by atoms with van der Waals surface area (Å²) in [5.74, 6) is 1.80. The molecule has 19 heavy (non-hydrogen) atoms. The quantitative estimate of drug-likeness (QED) is 0.805. The molecule has 1 heterocycles. The van der Waals surface area contributed by atoms with Crippen LogP contribution in [0.15, 0.2) is 36.2 Å². The molecule has 0 saturated heterocycles. The fourth-order valence-electron chi connectivity index (χ4n) is 1.95. The van der Waals surface area contributed by atoms with Crippen LogP contribution in [-0.4, -0.2) is 24.1 Å². The number of rotatable bonds is 6. The van der Waals surface area contributed by atoms with E-state index in [1.165, 1.54) is 0 Å². The molecule has 0 aliphatic rings. The van der Waals surface area contributed by atoms with E-state index in [-0.39, 0.29) is 0 Å². The summed E-state index contributed by atoms with van der Waals surface area (Å²) >= 11 is 0. The lowest BCUT2D eigenvalue weighted by Crippen LogP contribution is -2.11. The van der Waals surface area contributed by atoms with Gasteiger partial charge in [0, 0.05) is 19.7 Å². The van der Waals surface area contributed by atoms with E-state index in [1.807, 2.05) is 42.4 Å². The van der Waals surface area contributed by atoms with Gasteiger partial charge in [-0.05, 0) is 18.6 Å². The Morgan fingerprint density at radius 2 is 2.21 bits per heavy atom. The number of aromatic nitrogens is 2. The molecule has 102 valence electrons. The third-order valence-corrected chi connectivity index (χ3v) is 3.09. The molecular weight excluding hydrogens is 238 g/mol. The maximum Gasteiger partial charge on any atom is 0.207 e. The Morgan fingerprint density at radius 1 is 1.42 bits per heavy atom. The van der Waals surface area contributed by atoms with Crippen molar-refractivity contribution in [3.8, 4) is 0 Å². The Balaban J connectivity index is 2.17. The number of nitrogens with zero attached hydrogens (tertiary/aromatic N) is 2. The number of benzene rings is 1. The number of methoxy groups -OCH3 is 1. The van der Waals surface area contributed by atoms with Crippen LogP contribution in [-0.2, 0) is 4.74 Å². The number of aromatic amines is 1. The fraction of sp³-hybridized carbons (Fsp3) is 0.400. The molecule has 2 rings (SSSR count). The standard InChI is InChI=1S/C15H21N3O/c1-4-5-8-12(19-3)11-18(2)15-16-13-9-6-7-10-14(13)17-15/h6-7,9-11H,4-5,8H2,1-3H3,(H,16,17)/b12-11+. The zero-order valence-corrected chi connectivity index (χ0v) is 11.8. The van der Waals surface area contributed by atoms with Crippen molar-refractivity contribution in [3.63, 3.8) is 0 Å². The molecule has 4 heteroatoms. The van der Waals surface area contributed by atoms with E-state index in [4.69, 9.17) is 4.74 Å². The highest BCUT2D eigenvalue weighted by Gasteiger charge is 2.06. The van der Waals surface area contributed by atoms with Crippen molar-refractivity contribution in [2.45, 2.75) is 26.2 Å². The number of anilines is 1. The van der Waals surface area contributed by atoms with Crippen LogP contribution in [0, 0.1) is 0 Å². The number of H-pyrrole nitrogens is 1. The van der Waals surface area contributed by atoms with E-state index in [0.717, 1.165) is 42.0 Å². The van der Waals surface area contributed by atoms with Gasteiger partial charge < -0.3 is 14.6 Å². The molecule has 0 radical (unpaired) electrons. The van der Waals surface area contributed by atoms with E-state index < -0.39 is 0 Å². The first-order valence-corrected chi connectivity index (χ1v) is 6.67. The highest BCUT2D eigenvalue weighted by atomic mass is 16.5. The molecule has 0 aliphatic heterocycles. The number of unbranched alkanes of at least 4 members (excludes halogenated alkanes) is 1. The Kier molecular flexibility index (Phi) is 4.44. The third kappa shape index (κ3) is 3.28. The Hall–Kier alpha value is -1.97. The summed E-state index contributed by atoms with van der Waals surface area (Å²) in [5.41, 5.74) is 2.02. The Labute approximate surface area is 114 Å². The van der Waals surface area contributed by atoms with Crippen molar-refractivity contribution in [3.05, 3.63) is 36.2 Å². The largest absolute Gasteiger partial charge is 0.500 e. The van der Waals surface area contributed by atoms with Gasteiger partial charge in [0.1, 0.15) is 5.76 Å². The van der Waals surface area contributed by atoms with Gasteiger partial charge in [0.25, 0.3) is 0 Å². The first kappa shape index (κ1) is 13.5. The predicted octanol–water partition coefficient (Wildman–Crippen LogP) is 3.68. The lowest BCUT2D eigenvalue weighted by molar-refractivity contribution is 0.273. The van der Waals surface area contributed by atoms with E-state index >= 15 is 0 Å². The smallest absolute Gasteiger partial charge is 0.207 e. The van der Waals surface area contributed by atoms with Crippen LogP contribution in [0.3, 0.4) is 0 Å². The molecule has 0 aliphatic carbocycles. The summed E-state index contributed by atoms with van der Waals surface area (Å²) in [6.07, 6.45) is 5.24. The summed E-state index contributed by atoms with van der Waals surface area (Å²) in [6, 6.07) is 8.02. The van der Waals surface area contributed by atoms with Gasteiger partial charge in [-0.15, -0.1) is 0 Å². The summed E-state index contributed by atoms with van der Waals surface area (Å²) in [4.78, 5) is 9.81. The lowest BCUT2D eigenvalue weighted by atomic mass is 10.2. The number of imidazole rings is 1. The molecular formula is C15H21N3O. The average Bonchev–Trinajstić information content (AvgIpc) is 2.87. The van der Waals surface area contributed by atoms with Crippen LogP contribution in [0.1, 0.15) is 26.2 Å². The van der Waals surface area contributed by atoms with Crippen LogP contribution >= 0.6 is 0 Å². The zero-order valence-electron chi connectivity index (χ0n) is 11.8. The van der Waals surface area contributed by atoms with Crippen molar-refractivity contribution >= 4 is 17.0 Å². The fourth-order valence-corrected chi connectivity index (χ4v) is 1.95. The molecule has 1 N–H and O–H groups in total. The number of nitrogens with one attached hydrogen (secondary N) is 1. The minimum Gasteiger partial charge on any atom is -0.500 e. The second-order valence-corrected chi connectivity index (χ2v) is 4.59. The van der Waals surface area contributed by atoms with E-state index in [2.05, 4.69) is 16.9 Å². The van der Waals surface area contributed by atoms with Gasteiger partial charge in [0.15, 0.2) is 0 Å². The summed E-state index contributed by atoms with van der Waals surface area (Å²) in [6.45, 7) is 2.18. The van der Waals surface area contributed by atoms with Gasteiger partial charge >= 0.3 is 0 Å². The van der Waals surface area contributed by atoms with E-state index in [0.29, 0.717) is 0 Å². The van der Waals surface area contributed by atoms with Crippen molar-refractivity contribution < 1.29 is 4.74 Å². The molecule has 0 amide bonds. The maximum absolute atomic E-state index is 5.40. The SMILES string of the molecule is CCCC/C(=C\N(C)c1nc2ccccc2[nH]1)OC. The van der Waals surface area contributed by atoms with E-state index in [1.54, 1.807) is 7.11 Å². The Morgan fingerprint density at radius 3 is 2.89 bits per heavy atom. The summed E-state index contributed by atoms with van der Waals surface area (Å²) in [5, 5.41) is 0. The summed E-state index contributed by atoms with van der Waals surface area (Å²) in [7, 11) is 3.69. The molecule has 1 aromatic heterocycles. The van der Waals surface area contributed by atoms with Crippen LogP contribution in [0.25, 0.3) is 11.0 Å². The molecule has 0 fully saturated rings. The van der Waals surface area contributed by atoms with Gasteiger partial charge in [-0.2, -0.15) is 0 Å². The van der Waals surface area contributed by atoms with Crippen LogP contribution in [0.4, 0.5) is 5.95 Å². The monoisotopic (exact) mass is 259 g/mol. The molecule has 0 atom stereocenters. The summed E-state index contributed by atoms with van der Waals surface area (Å²) < 4.78 is 5.40. The minimum atomic E-state index is 0.826. The number of hydrogen-bond acceptors (Lipinski definition) is 3. The second kappa shape index (κ2) is 6.27. The van der Waals surface area contributed by atoms with Crippen molar-refractivity contribution in [1.82, 2.24) is 9.97 Å². The van der Waals surface area contributed by atoms with Crippen LogP contribution in [0.2, 0.25) is 0 Å². The third-order valence-electron chi connectivity index (χ3n) is 3.09. The van der Waals surface area contributed by atoms with Gasteiger partial charge in [-0.3, -0.25) is 0 Å². The number of allylic oxidation sites excluding steroid dienone is 1.